The molecule has 1 aromatic rings. The Kier molecular flexibility index (Phi) is 4.26. The Balaban J connectivity index is 2.85. The predicted octanol–water partition coefficient (Wildman–Crippen LogP) is 1.06. The van der Waals surface area contributed by atoms with Crippen molar-refractivity contribution in [2.75, 3.05) is 5.32 Å². The largest absolute Gasteiger partial charge is 0.327 e. The van der Waals surface area contributed by atoms with E-state index in [1.54, 1.807) is 19.9 Å². The summed E-state index contributed by atoms with van der Waals surface area (Å²) in [5.74, 6) is -0.614. The van der Waals surface area contributed by atoms with E-state index in [1.165, 1.54) is 6.20 Å². The summed E-state index contributed by atoms with van der Waals surface area (Å²) in [6.45, 7) is 3.46. The van der Waals surface area contributed by atoms with Gasteiger partial charge in [-0.3, -0.25) is 9.59 Å². The first-order valence-electron chi connectivity index (χ1n) is 4.86. The molecule has 1 heterocycles. The van der Waals surface area contributed by atoms with Crippen molar-refractivity contribution in [3.8, 4) is 0 Å². The minimum absolute atomic E-state index is 0.215. The van der Waals surface area contributed by atoms with Crippen LogP contribution in [0.2, 0.25) is 0 Å². The van der Waals surface area contributed by atoms with Gasteiger partial charge in [-0.1, -0.05) is 6.92 Å². The minimum Gasteiger partial charge on any atom is -0.327 e. The molecule has 2 unspecified atom stereocenters. The van der Waals surface area contributed by atoms with Gasteiger partial charge in [-0.2, -0.15) is 0 Å². The number of pyridine rings is 1. The Morgan fingerprint density at radius 3 is 2.75 bits per heavy atom. The van der Waals surface area contributed by atoms with Gasteiger partial charge in [-0.05, 0) is 28.9 Å². The van der Waals surface area contributed by atoms with E-state index in [0.717, 1.165) is 0 Å². The molecule has 16 heavy (non-hydrogen) atoms. The smallest absolute Gasteiger partial charge is 0.271 e. The van der Waals surface area contributed by atoms with Gasteiger partial charge in [0, 0.05) is 16.7 Å². The first kappa shape index (κ1) is 12.9. The fourth-order valence-corrected chi connectivity index (χ4v) is 1.38. The summed E-state index contributed by atoms with van der Waals surface area (Å²) in [4.78, 5) is 25.5. The number of aromatic nitrogens is 1. The Labute approximate surface area is 102 Å². The molecule has 1 amide bonds. The molecule has 1 rings (SSSR count). The van der Waals surface area contributed by atoms with E-state index >= 15 is 0 Å². The van der Waals surface area contributed by atoms with Crippen LogP contribution in [0, 0.1) is 5.92 Å². The molecule has 0 bridgehead atoms. The molecule has 0 aliphatic rings. The lowest BCUT2D eigenvalue weighted by atomic mass is 10.0. The molecule has 0 aliphatic heterocycles. The van der Waals surface area contributed by atoms with Crippen LogP contribution in [0.15, 0.2) is 21.5 Å². The molecule has 0 saturated heterocycles. The third kappa shape index (κ3) is 3.18. The number of hydrogen-bond donors (Lipinski definition) is 3. The average Bonchev–Trinajstić information content (AvgIpc) is 2.22. The number of amides is 1. The second-order valence-electron chi connectivity index (χ2n) is 3.70. The molecule has 0 spiro atoms. The number of carbonyl (C=O) groups is 1. The van der Waals surface area contributed by atoms with Gasteiger partial charge in [-0.25, -0.2) is 0 Å². The fraction of sp³-hybridized carbons (Fsp3) is 0.400. The number of rotatable bonds is 3. The summed E-state index contributed by atoms with van der Waals surface area (Å²) >= 11 is 3.21. The van der Waals surface area contributed by atoms with Crippen molar-refractivity contribution in [2.45, 2.75) is 19.9 Å². The second kappa shape index (κ2) is 5.27. The Morgan fingerprint density at radius 1 is 1.56 bits per heavy atom. The quantitative estimate of drug-likeness (QED) is 0.777. The first-order chi connectivity index (χ1) is 7.41. The van der Waals surface area contributed by atoms with Gasteiger partial charge >= 0.3 is 0 Å². The van der Waals surface area contributed by atoms with Crippen molar-refractivity contribution >= 4 is 27.5 Å². The molecular weight excluding hydrogens is 274 g/mol. The lowest BCUT2D eigenvalue weighted by Gasteiger charge is -2.14. The molecule has 6 heteroatoms. The molecule has 0 radical (unpaired) electrons. The number of anilines is 1. The summed E-state index contributed by atoms with van der Waals surface area (Å²) in [5, 5.41) is 2.54. The van der Waals surface area contributed by atoms with Crippen LogP contribution in [0.25, 0.3) is 0 Å². The van der Waals surface area contributed by atoms with Crippen LogP contribution in [-0.2, 0) is 4.79 Å². The Bertz CT molecular complexity index is 442. The molecule has 4 N–H and O–H groups in total. The van der Waals surface area contributed by atoms with E-state index in [0.29, 0.717) is 4.47 Å². The minimum atomic E-state index is -0.349. The summed E-state index contributed by atoms with van der Waals surface area (Å²) in [5.41, 5.74) is 5.48. The third-order valence-electron chi connectivity index (χ3n) is 2.33. The molecular formula is C10H14BrN3O2. The molecule has 0 saturated carbocycles. The van der Waals surface area contributed by atoms with Gasteiger partial charge in [0.25, 0.3) is 5.56 Å². The molecule has 88 valence electrons. The lowest BCUT2D eigenvalue weighted by Crippen LogP contribution is -2.35. The number of halogens is 1. The molecule has 1 aromatic heterocycles. The van der Waals surface area contributed by atoms with Gasteiger partial charge < -0.3 is 16.0 Å². The number of carbonyl (C=O) groups excluding carboxylic acids is 1. The maximum absolute atomic E-state index is 11.7. The topological polar surface area (TPSA) is 88.0 Å². The van der Waals surface area contributed by atoms with E-state index in [2.05, 4.69) is 26.2 Å². The highest BCUT2D eigenvalue weighted by molar-refractivity contribution is 9.10. The highest BCUT2D eigenvalue weighted by Crippen LogP contribution is 2.11. The fourth-order valence-electron chi connectivity index (χ4n) is 1.04. The van der Waals surface area contributed by atoms with E-state index in [-0.39, 0.29) is 29.1 Å². The summed E-state index contributed by atoms with van der Waals surface area (Å²) < 4.78 is 0.691. The summed E-state index contributed by atoms with van der Waals surface area (Å²) in [6, 6.07) is 1.29. The summed E-state index contributed by atoms with van der Waals surface area (Å²) in [6.07, 6.45) is 1.51. The van der Waals surface area contributed by atoms with Crippen LogP contribution in [-0.4, -0.2) is 16.9 Å². The maximum atomic E-state index is 11.7. The Morgan fingerprint density at radius 2 is 2.19 bits per heavy atom. The highest BCUT2D eigenvalue weighted by atomic mass is 79.9. The zero-order valence-electron chi connectivity index (χ0n) is 9.08. The van der Waals surface area contributed by atoms with Crippen molar-refractivity contribution < 1.29 is 4.79 Å². The maximum Gasteiger partial charge on any atom is 0.271 e. The average molecular weight is 288 g/mol. The normalized spacial score (nSPS) is 14.2. The SMILES string of the molecule is CC(N)C(C)C(=O)Nc1cc(Br)c[nH]c1=O. The highest BCUT2D eigenvalue weighted by Gasteiger charge is 2.17. The van der Waals surface area contributed by atoms with Crippen molar-refractivity contribution in [3.63, 3.8) is 0 Å². The molecule has 2 atom stereocenters. The van der Waals surface area contributed by atoms with Gasteiger partial charge in [0.2, 0.25) is 5.91 Å². The van der Waals surface area contributed by atoms with E-state index < -0.39 is 0 Å². The third-order valence-corrected chi connectivity index (χ3v) is 2.79. The van der Waals surface area contributed by atoms with Gasteiger partial charge in [-0.15, -0.1) is 0 Å². The molecule has 0 aromatic carbocycles. The molecule has 0 fully saturated rings. The zero-order valence-corrected chi connectivity index (χ0v) is 10.7. The number of hydrogen-bond acceptors (Lipinski definition) is 3. The first-order valence-corrected chi connectivity index (χ1v) is 5.65. The van der Waals surface area contributed by atoms with E-state index in [1.807, 2.05) is 0 Å². The molecule has 0 aliphatic carbocycles. The van der Waals surface area contributed by atoms with Crippen molar-refractivity contribution in [3.05, 3.63) is 27.1 Å². The Hall–Kier alpha value is -1.14. The van der Waals surface area contributed by atoms with Gasteiger partial charge in [0.1, 0.15) is 5.69 Å². The van der Waals surface area contributed by atoms with Crippen LogP contribution in [0.5, 0.6) is 0 Å². The second-order valence-corrected chi connectivity index (χ2v) is 4.61. The van der Waals surface area contributed by atoms with Gasteiger partial charge in [0.15, 0.2) is 0 Å². The number of nitrogens with two attached hydrogens (primary N) is 1. The van der Waals surface area contributed by atoms with Crippen LogP contribution in [0.4, 0.5) is 5.69 Å². The van der Waals surface area contributed by atoms with Gasteiger partial charge in [0.05, 0.1) is 5.92 Å². The lowest BCUT2D eigenvalue weighted by molar-refractivity contribution is -0.119. The van der Waals surface area contributed by atoms with Crippen molar-refractivity contribution in [1.29, 1.82) is 0 Å². The van der Waals surface area contributed by atoms with E-state index in [4.69, 9.17) is 5.73 Å². The number of H-pyrrole nitrogens is 1. The van der Waals surface area contributed by atoms with Crippen molar-refractivity contribution in [2.24, 2.45) is 11.7 Å². The standard InChI is InChI=1S/C10H14BrN3O2/c1-5(6(2)12)9(15)14-8-3-7(11)4-13-10(8)16/h3-6H,12H2,1-2H3,(H,13,16)(H,14,15). The van der Waals surface area contributed by atoms with Crippen LogP contribution in [0.3, 0.4) is 0 Å². The van der Waals surface area contributed by atoms with Crippen LogP contribution < -0.4 is 16.6 Å². The zero-order chi connectivity index (χ0) is 12.3. The number of aromatic amines is 1. The predicted molar refractivity (Wildman–Crippen MR) is 66.2 cm³/mol. The van der Waals surface area contributed by atoms with E-state index in [9.17, 15) is 9.59 Å². The summed E-state index contributed by atoms with van der Waals surface area (Å²) in [7, 11) is 0. The monoisotopic (exact) mass is 287 g/mol. The number of nitrogens with one attached hydrogen (secondary N) is 2. The molecule has 5 nitrogen and oxygen atoms in total. The van der Waals surface area contributed by atoms with Crippen LogP contribution >= 0.6 is 15.9 Å². The van der Waals surface area contributed by atoms with Crippen LogP contribution in [0.1, 0.15) is 13.8 Å². The van der Waals surface area contributed by atoms with Crippen molar-refractivity contribution in [1.82, 2.24) is 4.98 Å².